The lowest BCUT2D eigenvalue weighted by Gasteiger charge is -2.41. The molecule has 1 spiro atoms. The van der Waals surface area contributed by atoms with E-state index in [4.69, 9.17) is 4.84 Å². The summed E-state index contributed by atoms with van der Waals surface area (Å²) in [5, 5.41) is 4.34. The van der Waals surface area contributed by atoms with Crippen LogP contribution in [0.5, 0.6) is 0 Å². The summed E-state index contributed by atoms with van der Waals surface area (Å²) < 4.78 is 0. The Kier molecular flexibility index (Phi) is 3.76. The Balaban J connectivity index is 1.63. The van der Waals surface area contributed by atoms with Gasteiger partial charge in [0.1, 0.15) is 11.3 Å². The van der Waals surface area contributed by atoms with Crippen LogP contribution in [0, 0.1) is 11.3 Å². The molecule has 1 aliphatic heterocycles. The highest BCUT2D eigenvalue weighted by atomic mass is 16.7. The topological polar surface area (TPSA) is 34.5 Å². The van der Waals surface area contributed by atoms with Crippen LogP contribution in [-0.4, -0.2) is 16.3 Å². The van der Waals surface area contributed by atoms with Crippen LogP contribution in [0.3, 0.4) is 0 Å². The number of aromatic nitrogens is 1. The second-order valence-electron chi connectivity index (χ2n) is 7.32. The van der Waals surface area contributed by atoms with Crippen molar-refractivity contribution in [2.75, 3.05) is 0 Å². The van der Waals surface area contributed by atoms with Gasteiger partial charge < -0.3 is 4.84 Å². The maximum atomic E-state index is 5.89. The third-order valence-corrected chi connectivity index (χ3v) is 5.71. The number of pyridine rings is 1. The molecule has 1 fully saturated rings. The minimum Gasteiger partial charge on any atom is -0.389 e. The molecule has 0 N–H and O–H groups in total. The van der Waals surface area contributed by atoms with E-state index < -0.39 is 0 Å². The lowest BCUT2D eigenvalue weighted by molar-refractivity contribution is -0.0658. The number of nitrogens with zero attached hydrogens (tertiary/aromatic N) is 2. The molecule has 0 amide bonds. The SMILES string of the molecule is CCC(C)(C)C1CCC2(CC1)CC(c1ccccn1)=NO2. The Morgan fingerprint density at radius 1 is 1.29 bits per heavy atom. The van der Waals surface area contributed by atoms with Crippen LogP contribution in [-0.2, 0) is 4.84 Å². The van der Waals surface area contributed by atoms with Crippen LogP contribution in [0.4, 0.5) is 0 Å². The van der Waals surface area contributed by atoms with E-state index in [-0.39, 0.29) is 5.60 Å². The average molecular weight is 286 g/mol. The summed E-state index contributed by atoms with van der Waals surface area (Å²) in [5.74, 6) is 0.815. The first-order valence-electron chi connectivity index (χ1n) is 8.21. The lowest BCUT2D eigenvalue weighted by Crippen LogP contribution is -2.38. The summed E-state index contributed by atoms with van der Waals surface area (Å²) in [5.41, 5.74) is 2.38. The summed E-state index contributed by atoms with van der Waals surface area (Å²) in [6.45, 7) is 7.11. The van der Waals surface area contributed by atoms with E-state index in [1.54, 1.807) is 0 Å². The molecule has 3 nitrogen and oxygen atoms in total. The van der Waals surface area contributed by atoms with Gasteiger partial charge in [-0.2, -0.15) is 0 Å². The minimum atomic E-state index is -0.0484. The van der Waals surface area contributed by atoms with E-state index in [1.807, 2.05) is 24.4 Å². The zero-order chi connectivity index (χ0) is 14.9. The van der Waals surface area contributed by atoms with E-state index in [2.05, 4.69) is 30.9 Å². The van der Waals surface area contributed by atoms with Crippen molar-refractivity contribution in [3.63, 3.8) is 0 Å². The monoisotopic (exact) mass is 286 g/mol. The van der Waals surface area contributed by atoms with Gasteiger partial charge in [-0.15, -0.1) is 0 Å². The molecule has 0 saturated heterocycles. The van der Waals surface area contributed by atoms with Gasteiger partial charge in [0.25, 0.3) is 0 Å². The van der Waals surface area contributed by atoms with E-state index in [0.717, 1.165) is 36.6 Å². The van der Waals surface area contributed by atoms with Crippen LogP contribution in [0.1, 0.15) is 65.0 Å². The second-order valence-corrected chi connectivity index (χ2v) is 7.32. The maximum absolute atomic E-state index is 5.89. The summed E-state index contributed by atoms with van der Waals surface area (Å²) in [4.78, 5) is 10.3. The van der Waals surface area contributed by atoms with Gasteiger partial charge in [-0.25, -0.2) is 0 Å². The maximum Gasteiger partial charge on any atom is 0.143 e. The molecule has 21 heavy (non-hydrogen) atoms. The first-order chi connectivity index (χ1) is 10.0. The van der Waals surface area contributed by atoms with E-state index in [1.165, 1.54) is 19.3 Å². The van der Waals surface area contributed by atoms with Crippen LogP contribution in [0.2, 0.25) is 0 Å². The Bertz CT molecular complexity index is 513. The largest absolute Gasteiger partial charge is 0.389 e. The van der Waals surface area contributed by atoms with Crippen LogP contribution in [0.15, 0.2) is 29.6 Å². The van der Waals surface area contributed by atoms with Crippen LogP contribution in [0.25, 0.3) is 0 Å². The highest BCUT2D eigenvalue weighted by Crippen LogP contribution is 2.47. The van der Waals surface area contributed by atoms with Gasteiger partial charge in [-0.3, -0.25) is 4.98 Å². The molecular weight excluding hydrogens is 260 g/mol. The molecule has 0 bridgehead atoms. The average Bonchev–Trinajstić information content (AvgIpc) is 2.92. The van der Waals surface area contributed by atoms with Crippen LogP contribution >= 0.6 is 0 Å². The fourth-order valence-electron chi connectivity index (χ4n) is 3.67. The molecule has 0 unspecified atom stereocenters. The zero-order valence-electron chi connectivity index (χ0n) is 13.4. The van der Waals surface area contributed by atoms with E-state index in [9.17, 15) is 0 Å². The normalized spacial score (nSPS) is 29.3. The van der Waals surface area contributed by atoms with Gasteiger partial charge in [-0.05, 0) is 49.1 Å². The second kappa shape index (κ2) is 5.43. The molecule has 1 aliphatic carbocycles. The van der Waals surface area contributed by atoms with Crippen molar-refractivity contribution in [3.05, 3.63) is 30.1 Å². The molecule has 3 rings (SSSR count). The number of oxime groups is 1. The smallest absolute Gasteiger partial charge is 0.143 e. The number of hydrogen-bond donors (Lipinski definition) is 0. The highest BCUT2D eigenvalue weighted by Gasteiger charge is 2.45. The number of rotatable bonds is 3. The van der Waals surface area contributed by atoms with E-state index in [0.29, 0.717) is 5.41 Å². The summed E-state index contributed by atoms with van der Waals surface area (Å²) in [6, 6.07) is 5.97. The summed E-state index contributed by atoms with van der Waals surface area (Å²) in [7, 11) is 0. The molecule has 2 aliphatic rings. The summed E-state index contributed by atoms with van der Waals surface area (Å²) in [6.07, 6.45) is 8.76. The molecule has 0 radical (unpaired) electrons. The quantitative estimate of drug-likeness (QED) is 0.815. The van der Waals surface area contributed by atoms with Gasteiger partial charge in [0.05, 0.1) is 5.69 Å². The predicted octanol–water partition coefficient (Wildman–Crippen LogP) is 4.57. The standard InChI is InChI=1S/C18H26N2O/c1-4-17(2,3)14-8-10-18(11-9-14)13-16(20-21-18)15-7-5-6-12-19-15/h5-7,12,14H,4,8-11,13H2,1-3H3. The molecular formula is C18H26N2O. The van der Waals surface area contributed by atoms with Crippen molar-refractivity contribution in [2.24, 2.45) is 16.5 Å². The molecule has 3 heteroatoms. The van der Waals surface area contributed by atoms with Crippen molar-refractivity contribution < 1.29 is 4.84 Å². The minimum absolute atomic E-state index is 0.0484. The first-order valence-corrected chi connectivity index (χ1v) is 8.21. The van der Waals surface area contributed by atoms with Crippen molar-refractivity contribution >= 4 is 5.71 Å². The number of hydrogen-bond acceptors (Lipinski definition) is 3. The third-order valence-electron chi connectivity index (χ3n) is 5.71. The highest BCUT2D eigenvalue weighted by molar-refractivity contribution is 5.99. The fraction of sp³-hybridized carbons (Fsp3) is 0.667. The first kappa shape index (κ1) is 14.6. The Hall–Kier alpha value is -1.38. The van der Waals surface area contributed by atoms with Crippen molar-refractivity contribution in [1.29, 1.82) is 0 Å². The van der Waals surface area contributed by atoms with Crippen molar-refractivity contribution in [1.82, 2.24) is 4.98 Å². The van der Waals surface area contributed by atoms with Gasteiger partial charge in [0.2, 0.25) is 0 Å². The van der Waals surface area contributed by atoms with Gasteiger partial charge in [0.15, 0.2) is 0 Å². The van der Waals surface area contributed by atoms with Gasteiger partial charge >= 0.3 is 0 Å². The van der Waals surface area contributed by atoms with Crippen molar-refractivity contribution in [3.8, 4) is 0 Å². The Labute approximate surface area is 127 Å². The summed E-state index contributed by atoms with van der Waals surface area (Å²) >= 11 is 0. The molecule has 1 aromatic rings. The zero-order valence-corrected chi connectivity index (χ0v) is 13.4. The fourth-order valence-corrected chi connectivity index (χ4v) is 3.67. The predicted molar refractivity (Wildman–Crippen MR) is 85.2 cm³/mol. The third kappa shape index (κ3) is 2.83. The van der Waals surface area contributed by atoms with Crippen LogP contribution < -0.4 is 0 Å². The molecule has 114 valence electrons. The van der Waals surface area contributed by atoms with E-state index >= 15 is 0 Å². The molecule has 0 atom stereocenters. The molecule has 0 aromatic carbocycles. The molecule has 2 heterocycles. The lowest BCUT2D eigenvalue weighted by atomic mass is 9.65. The Morgan fingerprint density at radius 3 is 2.67 bits per heavy atom. The Morgan fingerprint density at radius 2 is 2.05 bits per heavy atom. The van der Waals surface area contributed by atoms with Gasteiger partial charge in [-0.1, -0.05) is 38.4 Å². The molecule has 1 saturated carbocycles. The van der Waals surface area contributed by atoms with Crippen molar-refractivity contribution in [2.45, 2.75) is 64.9 Å². The molecule has 1 aromatic heterocycles. The van der Waals surface area contributed by atoms with Gasteiger partial charge in [0, 0.05) is 12.6 Å².